The van der Waals surface area contributed by atoms with Gasteiger partial charge >= 0.3 is 0 Å². The van der Waals surface area contributed by atoms with Gasteiger partial charge in [-0.25, -0.2) is 14.4 Å². The van der Waals surface area contributed by atoms with Gasteiger partial charge in [-0.2, -0.15) is 0 Å². The third-order valence-corrected chi connectivity index (χ3v) is 6.56. The number of hydrogen-bond acceptors (Lipinski definition) is 4. The smallest absolute Gasteiger partial charge is 0.230 e. The molecule has 1 fully saturated rings. The number of amides is 1. The highest BCUT2D eigenvalue weighted by atomic mass is 79.9. The Labute approximate surface area is 181 Å². The second-order valence-corrected chi connectivity index (χ2v) is 9.09. The average Bonchev–Trinajstić information content (AvgIpc) is 2.73. The van der Waals surface area contributed by atoms with Crippen LogP contribution in [0.4, 0.5) is 4.39 Å². The predicted molar refractivity (Wildman–Crippen MR) is 118 cm³/mol. The second kappa shape index (κ2) is 9.22. The lowest BCUT2D eigenvalue weighted by molar-refractivity contribution is -0.119. The zero-order valence-corrected chi connectivity index (χ0v) is 18.2. The fraction of sp³-hybridized carbons (Fsp3) is 0.318. The summed E-state index contributed by atoms with van der Waals surface area (Å²) < 4.78 is 14.8. The summed E-state index contributed by atoms with van der Waals surface area (Å²) in [5.74, 6) is 0.465. The number of rotatable bonds is 5. The molecule has 4 rings (SSSR count). The summed E-state index contributed by atoms with van der Waals surface area (Å²) in [4.78, 5) is 21.7. The molecule has 150 valence electrons. The fourth-order valence-electron chi connectivity index (χ4n) is 3.56. The number of carbonyl (C=O) groups excluding carboxylic acids is 1. The molecule has 1 heterocycles. The van der Waals surface area contributed by atoms with E-state index in [0.717, 1.165) is 22.9 Å². The summed E-state index contributed by atoms with van der Waals surface area (Å²) in [6.07, 6.45) is 5.69. The molecule has 1 aliphatic rings. The molecule has 1 aromatic heterocycles. The first kappa shape index (κ1) is 20.3. The van der Waals surface area contributed by atoms with Gasteiger partial charge in [0, 0.05) is 21.5 Å². The summed E-state index contributed by atoms with van der Waals surface area (Å²) in [7, 11) is 0. The van der Waals surface area contributed by atoms with Crippen LogP contribution in [0, 0.1) is 5.82 Å². The molecule has 0 saturated heterocycles. The maximum absolute atomic E-state index is 13.8. The van der Waals surface area contributed by atoms with Crippen LogP contribution in [0.2, 0.25) is 0 Å². The number of aromatic nitrogens is 2. The summed E-state index contributed by atoms with van der Waals surface area (Å²) in [6, 6.07) is 12.5. The topological polar surface area (TPSA) is 54.9 Å². The zero-order valence-electron chi connectivity index (χ0n) is 15.8. The van der Waals surface area contributed by atoms with Crippen molar-refractivity contribution in [2.75, 3.05) is 5.75 Å². The molecule has 1 aliphatic carbocycles. The van der Waals surface area contributed by atoms with E-state index in [4.69, 9.17) is 0 Å². The number of nitrogens with one attached hydrogen (secondary N) is 1. The molecule has 1 amide bonds. The van der Waals surface area contributed by atoms with Crippen LogP contribution in [0.1, 0.15) is 32.1 Å². The minimum Gasteiger partial charge on any atom is -0.353 e. The van der Waals surface area contributed by atoms with E-state index in [1.165, 1.54) is 43.2 Å². The van der Waals surface area contributed by atoms with Crippen LogP contribution in [0.5, 0.6) is 0 Å². The van der Waals surface area contributed by atoms with Crippen LogP contribution >= 0.6 is 27.7 Å². The molecule has 0 spiro atoms. The Morgan fingerprint density at radius 2 is 1.86 bits per heavy atom. The number of nitrogens with zero attached hydrogens (tertiary/aromatic N) is 2. The maximum atomic E-state index is 13.8. The molecular weight excluding hydrogens is 453 g/mol. The first-order chi connectivity index (χ1) is 14.1. The largest absolute Gasteiger partial charge is 0.353 e. The van der Waals surface area contributed by atoms with E-state index in [0.29, 0.717) is 21.8 Å². The van der Waals surface area contributed by atoms with E-state index in [2.05, 4.69) is 31.2 Å². The molecule has 0 radical (unpaired) electrons. The summed E-state index contributed by atoms with van der Waals surface area (Å²) in [6.45, 7) is 0. The van der Waals surface area contributed by atoms with Crippen LogP contribution in [-0.2, 0) is 4.79 Å². The van der Waals surface area contributed by atoms with Crippen molar-refractivity contribution < 1.29 is 9.18 Å². The number of fused-ring (bicyclic) bond motifs is 1. The lowest BCUT2D eigenvalue weighted by Gasteiger charge is -2.22. The molecule has 0 unspecified atom stereocenters. The van der Waals surface area contributed by atoms with Gasteiger partial charge in [-0.1, -0.05) is 59.1 Å². The highest BCUT2D eigenvalue weighted by molar-refractivity contribution is 9.10. The van der Waals surface area contributed by atoms with Crippen molar-refractivity contribution in [3.8, 4) is 11.4 Å². The van der Waals surface area contributed by atoms with Crippen molar-refractivity contribution in [2.45, 2.75) is 43.2 Å². The van der Waals surface area contributed by atoms with Crippen LogP contribution in [0.3, 0.4) is 0 Å². The van der Waals surface area contributed by atoms with Crippen LogP contribution < -0.4 is 5.32 Å². The standard InChI is InChI=1S/C22H21BrFN3OS/c23-15-8-6-14(7-9-15)21-26-19-11-10-16(24)12-18(19)22(27-21)29-13-20(28)25-17-4-2-1-3-5-17/h6-12,17H,1-5,13H2,(H,25,28). The Kier molecular flexibility index (Phi) is 6.45. The number of carbonyl (C=O) groups is 1. The van der Waals surface area contributed by atoms with Gasteiger partial charge in [0.15, 0.2) is 5.82 Å². The number of benzene rings is 2. The van der Waals surface area contributed by atoms with Crippen molar-refractivity contribution in [3.05, 3.63) is 52.8 Å². The fourth-order valence-corrected chi connectivity index (χ4v) is 4.65. The molecule has 7 heteroatoms. The quantitative estimate of drug-likeness (QED) is 0.379. The van der Waals surface area contributed by atoms with E-state index in [1.807, 2.05) is 24.3 Å². The van der Waals surface area contributed by atoms with Crippen molar-refractivity contribution in [1.29, 1.82) is 0 Å². The van der Waals surface area contributed by atoms with E-state index in [9.17, 15) is 9.18 Å². The summed E-state index contributed by atoms with van der Waals surface area (Å²) in [5.41, 5.74) is 1.53. The van der Waals surface area contributed by atoms with Gasteiger partial charge in [-0.05, 0) is 43.2 Å². The lowest BCUT2D eigenvalue weighted by Crippen LogP contribution is -2.37. The molecule has 29 heavy (non-hydrogen) atoms. The normalized spacial score (nSPS) is 14.8. The van der Waals surface area contributed by atoms with E-state index >= 15 is 0 Å². The van der Waals surface area contributed by atoms with Gasteiger partial charge in [-0.3, -0.25) is 4.79 Å². The molecule has 2 aromatic carbocycles. The Balaban J connectivity index is 1.58. The summed E-state index contributed by atoms with van der Waals surface area (Å²) in [5, 5.41) is 4.36. The van der Waals surface area contributed by atoms with Gasteiger partial charge in [-0.15, -0.1) is 0 Å². The monoisotopic (exact) mass is 473 g/mol. The maximum Gasteiger partial charge on any atom is 0.230 e. The van der Waals surface area contributed by atoms with Gasteiger partial charge in [0.1, 0.15) is 10.8 Å². The first-order valence-electron chi connectivity index (χ1n) is 9.74. The molecule has 4 nitrogen and oxygen atoms in total. The number of halogens is 2. The molecule has 3 aromatic rings. The van der Waals surface area contributed by atoms with Crippen LogP contribution in [-0.4, -0.2) is 27.7 Å². The molecule has 1 N–H and O–H groups in total. The van der Waals surface area contributed by atoms with Gasteiger partial charge in [0.05, 0.1) is 11.3 Å². The molecule has 0 aliphatic heterocycles. The third-order valence-electron chi connectivity index (χ3n) is 5.04. The average molecular weight is 474 g/mol. The predicted octanol–water partition coefficient (Wildman–Crippen LogP) is 5.74. The number of hydrogen-bond donors (Lipinski definition) is 1. The second-order valence-electron chi connectivity index (χ2n) is 7.21. The summed E-state index contributed by atoms with van der Waals surface area (Å²) >= 11 is 4.76. The SMILES string of the molecule is O=C(CSc1nc(-c2ccc(Br)cc2)nc2ccc(F)cc12)NC1CCCCC1. The van der Waals surface area contributed by atoms with Gasteiger partial charge in [0.25, 0.3) is 0 Å². The van der Waals surface area contributed by atoms with Crippen molar-refractivity contribution in [1.82, 2.24) is 15.3 Å². The van der Waals surface area contributed by atoms with Crippen LogP contribution in [0.25, 0.3) is 22.3 Å². The van der Waals surface area contributed by atoms with Crippen molar-refractivity contribution in [3.63, 3.8) is 0 Å². The highest BCUT2D eigenvalue weighted by Crippen LogP contribution is 2.29. The Hall–Kier alpha value is -1.99. The number of thioether (sulfide) groups is 1. The first-order valence-corrected chi connectivity index (χ1v) is 11.5. The minimum absolute atomic E-state index is 0.00439. The molecular formula is C22H21BrFN3OS. The molecule has 0 atom stereocenters. The Bertz CT molecular complexity index is 1020. The van der Waals surface area contributed by atoms with Gasteiger partial charge < -0.3 is 5.32 Å². The molecule has 0 bridgehead atoms. The van der Waals surface area contributed by atoms with E-state index in [-0.39, 0.29) is 23.5 Å². The van der Waals surface area contributed by atoms with Crippen molar-refractivity contribution in [2.24, 2.45) is 0 Å². The lowest BCUT2D eigenvalue weighted by atomic mass is 9.95. The van der Waals surface area contributed by atoms with Crippen LogP contribution in [0.15, 0.2) is 52.0 Å². The highest BCUT2D eigenvalue weighted by Gasteiger charge is 2.17. The zero-order chi connectivity index (χ0) is 20.2. The minimum atomic E-state index is -0.342. The Morgan fingerprint density at radius 1 is 1.10 bits per heavy atom. The molecule has 1 saturated carbocycles. The van der Waals surface area contributed by atoms with Gasteiger partial charge in [0.2, 0.25) is 5.91 Å². The van der Waals surface area contributed by atoms with E-state index in [1.54, 1.807) is 6.07 Å². The Morgan fingerprint density at radius 3 is 2.62 bits per heavy atom. The van der Waals surface area contributed by atoms with Crippen molar-refractivity contribution >= 4 is 44.5 Å². The van der Waals surface area contributed by atoms with E-state index < -0.39 is 0 Å². The third kappa shape index (κ3) is 5.14.